The standard InChI is InChI=1S/C16H32O/c1-15(17)13-11-9-7-5-6-8-10-12-14-16(2,3)4/h5-14H2,1-4H3. The summed E-state index contributed by atoms with van der Waals surface area (Å²) in [5.41, 5.74) is 0.507. The third kappa shape index (κ3) is 15.7. The van der Waals surface area contributed by atoms with Crippen LogP contribution < -0.4 is 0 Å². The Morgan fingerprint density at radius 1 is 0.765 bits per heavy atom. The molecular weight excluding hydrogens is 208 g/mol. The molecule has 0 aromatic carbocycles. The Bertz CT molecular complexity index is 188. The number of rotatable bonds is 10. The van der Waals surface area contributed by atoms with Gasteiger partial charge in [-0.2, -0.15) is 0 Å². The highest BCUT2D eigenvalue weighted by Crippen LogP contribution is 2.22. The molecule has 0 atom stereocenters. The van der Waals surface area contributed by atoms with Crippen molar-refractivity contribution < 1.29 is 4.79 Å². The fourth-order valence-electron chi connectivity index (χ4n) is 2.09. The highest BCUT2D eigenvalue weighted by Gasteiger charge is 2.08. The second kappa shape index (κ2) is 9.67. The molecule has 17 heavy (non-hydrogen) atoms. The van der Waals surface area contributed by atoms with Crippen molar-refractivity contribution in [1.82, 2.24) is 0 Å². The van der Waals surface area contributed by atoms with Crippen LogP contribution in [0.1, 0.15) is 91.9 Å². The average molecular weight is 240 g/mol. The Labute approximate surface area is 108 Å². The lowest BCUT2D eigenvalue weighted by atomic mass is 9.89. The molecule has 0 saturated heterocycles. The molecule has 0 aliphatic rings. The molecule has 0 radical (unpaired) electrons. The smallest absolute Gasteiger partial charge is 0.129 e. The fraction of sp³-hybridized carbons (Fsp3) is 0.938. The van der Waals surface area contributed by atoms with E-state index < -0.39 is 0 Å². The van der Waals surface area contributed by atoms with E-state index in [4.69, 9.17) is 0 Å². The van der Waals surface area contributed by atoms with Gasteiger partial charge in [0, 0.05) is 6.42 Å². The number of hydrogen-bond donors (Lipinski definition) is 0. The molecule has 0 saturated carbocycles. The molecule has 0 N–H and O–H groups in total. The SMILES string of the molecule is CC(=O)CCCCCCCCCCC(C)(C)C. The first-order valence-electron chi connectivity index (χ1n) is 7.41. The molecule has 1 heteroatoms. The zero-order valence-corrected chi connectivity index (χ0v) is 12.5. The minimum Gasteiger partial charge on any atom is -0.300 e. The van der Waals surface area contributed by atoms with Crippen molar-refractivity contribution in [2.75, 3.05) is 0 Å². The summed E-state index contributed by atoms with van der Waals surface area (Å²) in [6, 6.07) is 0. The predicted molar refractivity (Wildman–Crippen MR) is 76.3 cm³/mol. The number of Topliss-reactive ketones (excluding diaryl/α,β-unsaturated/α-hetero) is 1. The number of carbonyl (C=O) groups is 1. The van der Waals surface area contributed by atoms with Crippen LogP contribution in [0.2, 0.25) is 0 Å². The van der Waals surface area contributed by atoms with Crippen molar-refractivity contribution in [3.63, 3.8) is 0 Å². The quantitative estimate of drug-likeness (QED) is 0.459. The molecule has 1 nitrogen and oxygen atoms in total. The first-order valence-corrected chi connectivity index (χ1v) is 7.41. The summed E-state index contributed by atoms with van der Waals surface area (Å²) in [5.74, 6) is 0.340. The van der Waals surface area contributed by atoms with E-state index in [1.165, 1.54) is 51.4 Å². The fourth-order valence-corrected chi connectivity index (χ4v) is 2.09. The Morgan fingerprint density at radius 3 is 1.59 bits per heavy atom. The molecule has 0 heterocycles. The molecule has 0 unspecified atom stereocenters. The van der Waals surface area contributed by atoms with Gasteiger partial charge in [-0.15, -0.1) is 0 Å². The van der Waals surface area contributed by atoms with Crippen LogP contribution in [-0.2, 0) is 4.79 Å². The van der Waals surface area contributed by atoms with Gasteiger partial charge in [0.1, 0.15) is 5.78 Å². The zero-order valence-electron chi connectivity index (χ0n) is 12.5. The minimum absolute atomic E-state index is 0.340. The van der Waals surface area contributed by atoms with E-state index >= 15 is 0 Å². The molecular formula is C16H32O. The Kier molecular flexibility index (Phi) is 9.49. The van der Waals surface area contributed by atoms with Crippen molar-refractivity contribution in [3.05, 3.63) is 0 Å². The van der Waals surface area contributed by atoms with E-state index in [-0.39, 0.29) is 0 Å². The Morgan fingerprint density at radius 2 is 1.18 bits per heavy atom. The zero-order chi connectivity index (χ0) is 13.1. The predicted octanol–water partition coefficient (Wildman–Crippen LogP) is 5.52. The van der Waals surface area contributed by atoms with Crippen molar-refractivity contribution in [3.8, 4) is 0 Å². The number of carbonyl (C=O) groups excluding carboxylic acids is 1. The molecule has 0 aromatic heterocycles. The topological polar surface area (TPSA) is 17.1 Å². The summed E-state index contributed by atoms with van der Waals surface area (Å²) in [6.45, 7) is 8.65. The summed E-state index contributed by atoms with van der Waals surface area (Å²) in [4.78, 5) is 10.7. The van der Waals surface area contributed by atoms with Crippen LogP contribution in [0.3, 0.4) is 0 Å². The summed E-state index contributed by atoms with van der Waals surface area (Å²) < 4.78 is 0. The number of ketones is 1. The molecule has 0 spiro atoms. The van der Waals surface area contributed by atoms with Crippen LogP contribution in [0.25, 0.3) is 0 Å². The van der Waals surface area contributed by atoms with Crippen molar-refractivity contribution >= 4 is 5.78 Å². The maximum atomic E-state index is 10.7. The highest BCUT2D eigenvalue weighted by molar-refractivity contribution is 5.75. The number of unbranched alkanes of at least 4 members (excludes halogenated alkanes) is 7. The van der Waals surface area contributed by atoms with E-state index in [0.29, 0.717) is 11.2 Å². The van der Waals surface area contributed by atoms with Crippen molar-refractivity contribution in [1.29, 1.82) is 0 Å². The lowest BCUT2D eigenvalue weighted by Crippen LogP contribution is -2.03. The average Bonchev–Trinajstić information content (AvgIpc) is 2.18. The molecule has 0 bridgehead atoms. The van der Waals surface area contributed by atoms with Crippen LogP contribution in [0, 0.1) is 5.41 Å². The van der Waals surface area contributed by atoms with Gasteiger partial charge >= 0.3 is 0 Å². The summed E-state index contributed by atoms with van der Waals surface area (Å²) in [6.07, 6.45) is 12.7. The summed E-state index contributed by atoms with van der Waals surface area (Å²) in [5, 5.41) is 0. The third-order valence-corrected chi connectivity index (χ3v) is 3.21. The first kappa shape index (κ1) is 16.7. The Balaban J connectivity index is 3.06. The number of hydrogen-bond acceptors (Lipinski definition) is 1. The minimum atomic E-state index is 0.340. The molecule has 102 valence electrons. The van der Waals surface area contributed by atoms with Gasteiger partial charge in [0.05, 0.1) is 0 Å². The van der Waals surface area contributed by atoms with Gasteiger partial charge in [0.2, 0.25) is 0 Å². The lowest BCUT2D eigenvalue weighted by molar-refractivity contribution is -0.117. The van der Waals surface area contributed by atoms with Gasteiger partial charge in [-0.1, -0.05) is 65.7 Å². The van der Waals surface area contributed by atoms with Crippen LogP contribution in [-0.4, -0.2) is 5.78 Å². The van der Waals surface area contributed by atoms with Gasteiger partial charge in [0.25, 0.3) is 0 Å². The first-order chi connectivity index (χ1) is 7.92. The molecule has 0 aliphatic heterocycles. The van der Waals surface area contributed by atoms with E-state index in [2.05, 4.69) is 20.8 Å². The van der Waals surface area contributed by atoms with Crippen LogP contribution in [0.15, 0.2) is 0 Å². The van der Waals surface area contributed by atoms with E-state index in [1.54, 1.807) is 6.92 Å². The molecule has 0 amide bonds. The van der Waals surface area contributed by atoms with Crippen LogP contribution in [0.5, 0.6) is 0 Å². The van der Waals surface area contributed by atoms with Crippen molar-refractivity contribution in [2.45, 2.75) is 91.9 Å². The molecule has 0 rings (SSSR count). The summed E-state index contributed by atoms with van der Waals surface area (Å²) in [7, 11) is 0. The van der Waals surface area contributed by atoms with Crippen LogP contribution in [0.4, 0.5) is 0 Å². The highest BCUT2D eigenvalue weighted by atomic mass is 16.1. The third-order valence-electron chi connectivity index (χ3n) is 3.21. The van der Waals surface area contributed by atoms with E-state index in [9.17, 15) is 4.79 Å². The van der Waals surface area contributed by atoms with E-state index in [0.717, 1.165) is 12.8 Å². The second-order valence-electron chi connectivity index (χ2n) is 6.59. The normalized spacial score (nSPS) is 11.8. The lowest BCUT2D eigenvalue weighted by Gasteiger charge is -2.17. The monoisotopic (exact) mass is 240 g/mol. The van der Waals surface area contributed by atoms with E-state index in [1.807, 2.05) is 0 Å². The molecule has 0 fully saturated rings. The van der Waals surface area contributed by atoms with Crippen LogP contribution >= 0.6 is 0 Å². The van der Waals surface area contributed by atoms with Gasteiger partial charge < -0.3 is 4.79 Å². The second-order valence-corrected chi connectivity index (χ2v) is 6.59. The molecule has 0 aliphatic carbocycles. The maximum absolute atomic E-state index is 10.7. The van der Waals surface area contributed by atoms with Gasteiger partial charge in [-0.05, 0) is 25.2 Å². The van der Waals surface area contributed by atoms with Gasteiger partial charge in [-0.25, -0.2) is 0 Å². The molecule has 0 aromatic rings. The summed E-state index contributed by atoms with van der Waals surface area (Å²) >= 11 is 0. The van der Waals surface area contributed by atoms with Gasteiger partial charge in [-0.3, -0.25) is 0 Å². The Hall–Kier alpha value is -0.330. The largest absolute Gasteiger partial charge is 0.300 e. The van der Waals surface area contributed by atoms with Crippen molar-refractivity contribution in [2.24, 2.45) is 5.41 Å². The maximum Gasteiger partial charge on any atom is 0.129 e. The van der Waals surface area contributed by atoms with Gasteiger partial charge in [0.15, 0.2) is 0 Å².